The Morgan fingerprint density at radius 2 is 2.28 bits per heavy atom. The number of rotatable bonds is 3. The van der Waals surface area contributed by atoms with Crippen LogP contribution in [0, 0.1) is 12.8 Å². The van der Waals surface area contributed by atoms with Gasteiger partial charge in [-0.3, -0.25) is 4.79 Å². The predicted octanol–water partition coefficient (Wildman–Crippen LogP) is 2.26. The highest BCUT2D eigenvalue weighted by Gasteiger charge is 2.25. The Kier molecular flexibility index (Phi) is 4.02. The van der Waals surface area contributed by atoms with E-state index in [4.69, 9.17) is 5.73 Å². The number of hydrogen-bond acceptors (Lipinski definition) is 2. The van der Waals surface area contributed by atoms with Gasteiger partial charge in [0.2, 0.25) is 5.91 Å². The van der Waals surface area contributed by atoms with Crippen molar-refractivity contribution in [2.75, 3.05) is 18.0 Å². The molecule has 3 nitrogen and oxygen atoms in total. The first-order valence-electron chi connectivity index (χ1n) is 6.74. The van der Waals surface area contributed by atoms with Crippen LogP contribution < -0.4 is 10.6 Å². The van der Waals surface area contributed by atoms with Crippen LogP contribution in [0.4, 0.5) is 5.69 Å². The summed E-state index contributed by atoms with van der Waals surface area (Å²) in [4.78, 5) is 14.3. The number of nitrogens with zero attached hydrogens (tertiary/aromatic N) is 1. The average Bonchev–Trinajstić information content (AvgIpc) is 2.37. The van der Waals surface area contributed by atoms with E-state index in [0.29, 0.717) is 6.54 Å². The minimum Gasteiger partial charge on any atom is -0.330 e. The molecule has 2 rings (SSSR count). The summed E-state index contributed by atoms with van der Waals surface area (Å²) >= 11 is 0. The van der Waals surface area contributed by atoms with Crippen molar-refractivity contribution in [2.45, 2.75) is 33.1 Å². The lowest BCUT2D eigenvalue weighted by Crippen LogP contribution is -2.39. The summed E-state index contributed by atoms with van der Waals surface area (Å²) in [6.07, 6.45) is 2.89. The second kappa shape index (κ2) is 5.53. The van der Waals surface area contributed by atoms with Gasteiger partial charge < -0.3 is 10.6 Å². The van der Waals surface area contributed by atoms with Gasteiger partial charge in [0.1, 0.15) is 0 Å². The van der Waals surface area contributed by atoms with Crippen LogP contribution in [0.2, 0.25) is 0 Å². The van der Waals surface area contributed by atoms with Gasteiger partial charge in [0.25, 0.3) is 0 Å². The second-order valence-electron chi connectivity index (χ2n) is 5.20. The largest absolute Gasteiger partial charge is 0.330 e. The summed E-state index contributed by atoms with van der Waals surface area (Å²) in [5.74, 6) is 0.229. The maximum absolute atomic E-state index is 12.4. The fourth-order valence-electron chi connectivity index (χ4n) is 2.59. The van der Waals surface area contributed by atoms with Gasteiger partial charge >= 0.3 is 0 Å². The van der Waals surface area contributed by atoms with Gasteiger partial charge in [-0.15, -0.1) is 0 Å². The first-order chi connectivity index (χ1) is 8.63. The van der Waals surface area contributed by atoms with Gasteiger partial charge in [0.05, 0.1) is 0 Å². The van der Waals surface area contributed by atoms with Gasteiger partial charge in [-0.05, 0) is 44.4 Å². The zero-order valence-corrected chi connectivity index (χ0v) is 11.3. The molecule has 0 fully saturated rings. The Bertz CT molecular complexity index is 442. The molecule has 0 saturated carbocycles. The van der Waals surface area contributed by atoms with Crippen molar-refractivity contribution < 1.29 is 4.79 Å². The smallest absolute Gasteiger partial charge is 0.229 e. The van der Waals surface area contributed by atoms with Crippen molar-refractivity contribution in [3.05, 3.63) is 29.3 Å². The minimum atomic E-state index is 0.0160. The van der Waals surface area contributed by atoms with E-state index in [2.05, 4.69) is 25.1 Å². The molecule has 98 valence electrons. The summed E-state index contributed by atoms with van der Waals surface area (Å²) in [5, 5.41) is 0. The summed E-state index contributed by atoms with van der Waals surface area (Å²) < 4.78 is 0. The number of anilines is 1. The summed E-state index contributed by atoms with van der Waals surface area (Å²) in [5.41, 5.74) is 9.20. The molecule has 1 aromatic rings. The van der Waals surface area contributed by atoms with Gasteiger partial charge in [0, 0.05) is 18.2 Å². The lowest BCUT2D eigenvalue weighted by atomic mass is 9.97. The third-order valence-electron chi connectivity index (χ3n) is 3.64. The van der Waals surface area contributed by atoms with E-state index in [0.717, 1.165) is 31.5 Å². The molecule has 1 aliphatic heterocycles. The molecule has 1 aromatic carbocycles. The lowest BCUT2D eigenvalue weighted by Gasteiger charge is -2.31. The van der Waals surface area contributed by atoms with Crippen molar-refractivity contribution in [3.63, 3.8) is 0 Å². The molecule has 18 heavy (non-hydrogen) atoms. The Morgan fingerprint density at radius 3 is 3.00 bits per heavy atom. The highest BCUT2D eigenvalue weighted by Crippen LogP contribution is 2.29. The summed E-state index contributed by atoms with van der Waals surface area (Å²) in [6.45, 7) is 5.47. The van der Waals surface area contributed by atoms with Crippen LogP contribution in [-0.4, -0.2) is 19.0 Å². The molecule has 3 heteroatoms. The van der Waals surface area contributed by atoms with Gasteiger partial charge in [-0.25, -0.2) is 0 Å². The first kappa shape index (κ1) is 13.1. The Labute approximate surface area is 109 Å². The van der Waals surface area contributed by atoms with E-state index < -0.39 is 0 Å². The Hall–Kier alpha value is -1.35. The topological polar surface area (TPSA) is 46.3 Å². The number of aryl methyl sites for hydroxylation is 2. The summed E-state index contributed by atoms with van der Waals surface area (Å²) in [7, 11) is 0. The number of benzene rings is 1. The minimum absolute atomic E-state index is 0.0160. The summed E-state index contributed by atoms with van der Waals surface area (Å²) in [6, 6.07) is 6.36. The molecule has 1 atom stereocenters. The number of carbonyl (C=O) groups excluding carboxylic acids is 1. The van der Waals surface area contributed by atoms with Crippen LogP contribution in [0.1, 0.15) is 30.9 Å². The van der Waals surface area contributed by atoms with Gasteiger partial charge in [-0.2, -0.15) is 0 Å². The highest BCUT2D eigenvalue weighted by atomic mass is 16.2. The van der Waals surface area contributed by atoms with Crippen LogP contribution in [0.25, 0.3) is 0 Å². The van der Waals surface area contributed by atoms with Crippen LogP contribution >= 0.6 is 0 Å². The van der Waals surface area contributed by atoms with Crippen molar-refractivity contribution in [3.8, 4) is 0 Å². The molecule has 1 heterocycles. The Morgan fingerprint density at radius 1 is 1.50 bits per heavy atom. The zero-order chi connectivity index (χ0) is 13.1. The first-order valence-corrected chi connectivity index (χ1v) is 6.74. The third-order valence-corrected chi connectivity index (χ3v) is 3.64. The lowest BCUT2D eigenvalue weighted by molar-refractivity contribution is -0.122. The van der Waals surface area contributed by atoms with Crippen LogP contribution in [0.5, 0.6) is 0 Å². The van der Waals surface area contributed by atoms with Crippen molar-refractivity contribution in [2.24, 2.45) is 11.7 Å². The fourth-order valence-corrected chi connectivity index (χ4v) is 2.59. The van der Waals surface area contributed by atoms with Gasteiger partial charge in [-0.1, -0.05) is 24.6 Å². The number of fused-ring (bicyclic) bond motifs is 1. The fraction of sp³-hybridized carbons (Fsp3) is 0.533. The van der Waals surface area contributed by atoms with E-state index in [9.17, 15) is 4.79 Å². The normalized spacial score (nSPS) is 16.3. The molecule has 1 unspecified atom stereocenters. The van der Waals surface area contributed by atoms with E-state index in [1.54, 1.807) is 0 Å². The predicted molar refractivity (Wildman–Crippen MR) is 74.7 cm³/mol. The molecule has 0 aromatic heterocycles. The Balaban J connectivity index is 2.24. The maximum atomic E-state index is 12.4. The highest BCUT2D eigenvalue weighted by molar-refractivity contribution is 5.96. The maximum Gasteiger partial charge on any atom is 0.229 e. The molecule has 1 amide bonds. The van der Waals surface area contributed by atoms with Crippen molar-refractivity contribution in [1.29, 1.82) is 0 Å². The molecule has 0 saturated heterocycles. The molecule has 0 bridgehead atoms. The molecule has 1 aliphatic rings. The van der Waals surface area contributed by atoms with E-state index in [1.165, 1.54) is 11.1 Å². The number of nitrogens with two attached hydrogens (primary N) is 1. The van der Waals surface area contributed by atoms with E-state index in [-0.39, 0.29) is 11.8 Å². The molecular formula is C15H22N2O. The van der Waals surface area contributed by atoms with E-state index >= 15 is 0 Å². The molecule has 0 radical (unpaired) electrons. The van der Waals surface area contributed by atoms with Crippen molar-refractivity contribution >= 4 is 11.6 Å². The number of hydrogen-bond donors (Lipinski definition) is 1. The standard InChI is InChI=1S/C15H22N2O/c1-11-5-6-14-13(10-11)4-3-9-17(14)15(18)12(2)7-8-16/h5-6,10,12H,3-4,7-9,16H2,1-2H3. The second-order valence-corrected chi connectivity index (χ2v) is 5.20. The monoisotopic (exact) mass is 246 g/mol. The molecule has 0 spiro atoms. The molecule has 2 N–H and O–H groups in total. The number of amides is 1. The quantitative estimate of drug-likeness (QED) is 0.889. The average molecular weight is 246 g/mol. The zero-order valence-electron chi connectivity index (χ0n) is 11.3. The van der Waals surface area contributed by atoms with Gasteiger partial charge in [0.15, 0.2) is 0 Å². The SMILES string of the molecule is Cc1ccc2c(c1)CCCN2C(=O)C(C)CCN. The van der Waals surface area contributed by atoms with Crippen LogP contribution in [-0.2, 0) is 11.2 Å². The molecule has 0 aliphatic carbocycles. The third kappa shape index (κ3) is 2.56. The molecular weight excluding hydrogens is 224 g/mol. The number of carbonyl (C=O) groups is 1. The van der Waals surface area contributed by atoms with Crippen molar-refractivity contribution in [1.82, 2.24) is 0 Å². The van der Waals surface area contributed by atoms with E-state index in [1.807, 2.05) is 11.8 Å². The van der Waals surface area contributed by atoms with Crippen LogP contribution in [0.15, 0.2) is 18.2 Å². The van der Waals surface area contributed by atoms with Crippen LogP contribution in [0.3, 0.4) is 0 Å².